The normalized spacial score (nSPS) is 12.3. The lowest BCUT2D eigenvalue weighted by Gasteiger charge is -2.14. The molecule has 5 aromatic rings. The molecule has 0 aliphatic carbocycles. The van der Waals surface area contributed by atoms with Crippen molar-refractivity contribution in [2.24, 2.45) is 0 Å². The predicted octanol–water partition coefficient (Wildman–Crippen LogP) is 11.4. The van der Waals surface area contributed by atoms with E-state index in [1.54, 1.807) is 6.20 Å². The van der Waals surface area contributed by atoms with Gasteiger partial charge in [0.15, 0.2) is 0 Å². The van der Waals surface area contributed by atoms with Gasteiger partial charge in [-0.3, -0.25) is 4.98 Å². The molecule has 2 aromatic heterocycles. The predicted molar refractivity (Wildman–Crippen MR) is 192 cm³/mol. The third-order valence-electron chi connectivity index (χ3n) is 7.60. The summed E-state index contributed by atoms with van der Waals surface area (Å²) < 4.78 is 0. The fraction of sp³-hybridized carbons (Fsp3) is 0.119. The molecular formula is C42H39N3. The van der Waals surface area contributed by atoms with E-state index >= 15 is 0 Å². The number of pyridine rings is 1. The van der Waals surface area contributed by atoms with E-state index in [9.17, 15) is 0 Å². The van der Waals surface area contributed by atoms with E-state index in [-0.39, 0.29) is 0 Å². The van der Waals surface area contributed by atoms with Gasteiger partial charge in [0.1, 0.15) is 5.82 Å². The maximum absolute atomic E-state index is 4.95. The topological polar surface area (TPSA) is 38.7 Å². The average Bonchev–Trinajstić information content (AvgIpc) is 3.09. The minimum atomic E-state index is 0.716. The van der Waals surface area contributed by atoms with Crippen LogP contribution in [0, 0.1) is 6.92 Å². The Morgan fingerprint density at radius 2 is 1.33 bits per heavy atom. The number of rotatable bonds is 10. The third kappa shape index (κ3) is 7.57. The third-order valence-corrected chi connectivity index (χ3v) is 7.60. The summed E-state index contributed by atoms with van der Waals surface area (Å²) in [7, 11) is 0. The number of allylic oxidation sites excluding steroid dienone is 9. The summed E-state index contributed by atoms with van der Waals surface area (Å²) in [6.07, 6.45) is 19.3. The van der Waals surface area contributed by atoms with Crippen LogP contribution in [0.2, 0.25) is 0 Å². The molecule has 0 aliphatic heterocycles. The summed E-state index contributed by atoms with van der Waals surface area (Å²) in [6.45, 7) is 12.3. The largest absolute Gasteiger partial charge is 0.264 e. The molecule has 3 aromatic carbocycles. The first-order valence-corrected chi connectivity index (χ1v) is 15.4. The van der Waals surface area contributed by atoms with Crippen molar-refractivity contribution in [2.45, 2.75) is 34.1 Å². The first kappa shape index (κ1) is 31.0. The monoisotopic (exact) mass is 585 g/mol. The Balaban J connectivity index is 1.71. The maximum Gasteiger partial charge on any atom is 0.126 e. The van der Waals surface area contributed by atoms with Crippen LogP contribution in [0.25, 0.3) is 55.9 Å². The molecule has 0 fully saturated rings. The number of aromatic nitrogens is 3. The van der Waals surface area contributed by atoms with Gasteiger partial charge in [-0.2, -0.15) is 0 Å². The Morgan fingerprint density at radius 3 is 1.91 bits per heavy atom. The first-order valence-electron chi connectivity index (χ1n) is 15.4. The van der Waals surface area contributed by atoms with Gasteiger partial charge in [-0.1, -0.05) is 92.4 Å². The lowest BCUT2D eigenvalue weighted by Crippen LogP contribution is -1.97. The van der Waals surface area contributed by atoms with Crippen LogP contribution in [0.3, 0.4) is 0 Å². The number of nitrogens with zero attached hydrogens (tertiary/aromatic N) is 3. The lowest BCUT2D eigenvalue weighted by molar-refractivity contribution is 1.06. The van der Waals surface area contributed by atoms with Crippen molar-refractivity contribution in [1.29, 1.82) is 0 Å². The van der Waals surface area contributed by atoms with E-state index in [4.69, 9.17) is 9.97 Å². The Hall–Kier alpha value is -5.41. The number of aryl methyl sites for hydroxylation is 1. The average molecular weight is 586 g/mol. The van der Waals surface area contributed by atoms with E-state index in [0.29, 0.717) is 5.82 Å². The minimum Gasteiger partial charge on any atom is -0.264 e. The van der Waals surface area contributed by atoms with Gasteiger partial charge in [0, 0.05) is 29.1 Å². The van der Waals surface area contributed by atoms with Crippen molar-refractivity contribution < 1.29 is 0 Å². The lowest BCUT2D eigenvalue weighted by atomic mass is 9.93. The Labute approximate surface area is 267 Å². The Kier molecular flexibility index (Phi) is 10.2. The molecule has 2 heterocycles. The molecule has 45 heavy (non-hydrogen) atoms. The van der Waals surface area contributed by atoms with E-state index < -0.39 is 0 Å². The molecular weight excluding hydrogens is 546 g/mol. The Morgan fingerprint density at radius 1 is 0.711 bits per heavy atom. The number of benzene rings is 3. The molecule has 0 N–H and O–H groups in total. The zero-order chi connectivity index (χ0) is 31.6. The quantitative estimate of drug-likeness (QED) is 0.153. The van der Waals surface area contributed by atoms with Gasteiger partial charge in [-0.15, -0.1) is 0 Å². The molecule has 0 atom stereocenters. The van der Waals surface area contributed by atoms with Crippen LogP contribution in [0.15, 0.2) is 146 Å². The molecule has 0 saturated carbocycles. The van der Waals surface area contributed by atoms with Gasteiger partial charge >= 0.3 is 0 Å². The van der Waals surface area contributed by atoms with E-state index in [1.807, 2.05) is 44.3 Å². The van der Waals surface area contributed by atoms with Crippen LogP contribution < -0.4 is 0 Å². The van der Waals surface area contributed by atoms with Gasteiger partial charge in [-0.05, 0) is 115 Å². The summed E-state index contributed by atoms with van der Waals surface area (Å²) >= 11 is 0. The summed E-state index contributed by atoms with van der Waals surface area (Å²) in [5.74, 6) is 0.716. The highest BCUT2D eigenvalue weighted by atomic mass is 14.9. The molecule has 3 nitrogen and oxygen atoms in total. The second-order valence-electron chi connectivity index (χ2n) is 10.8. The van der Waals surface area contributed by atoms with E-state index in [2.05, 4.69) is 129 Å². The maximum atomic E-state index is 4.95. The zero-order valence-corrected chi connectivity index (χ0v) is 26.5. The molecule has 0 spiro atoms. The van der Waals surface area contributed by atoms with Crippen molar-refractivity contribution >= 4 is 11.1 Å². The van der Waals surface area contributed by atoms with Crippen LogP contribution in [-0.2, 0) is 0 Å². The summed E-state index contributed by atoms with van der Waals surface area (Å²) in [5, 5.41) is 0. The fourth-order valence-electron chi connectivity index (χ4n) is 5.33. The summed E-state index contributed by atoms with van der Waals surface area (Å²) in [6, 6.07) is 29.9. The Bertz CT molecular complexity index is 1910. The molecule has 3 heteroatoms. The van der Waals surface area contributed by atoms with Gasteiger partial charge in [0.05, 0.1) is 11.4 Å². The summed E-state index contributed by atoms with van der Waals surface area (Å²) in [5.41, 5.74) is 12.7. The van der Waals surface area contributed by atoms with Crippen LogP contribution in [0.4, 0.5) is 0 Å². The van der Waals surface area contributed by atoms with Crippen molar-refractivity contribution in [3.05, 3.63) is 163 Å². The molecule has 0 bridgehead atoms. The highest BCUT2D eigenvalue weighted by molar-refractivity contribution is 5.85. The molecule has 0 amide bonds. The molecule has 222 valence electrons. The number of hydrogen-bond acceptors (Lipinski definition) is 3. The SMILES string of the molecule is C=C/C(=C\C=C/C)c1cc(-c2cccnc2)cc(-c2cc(-c3cc(C(/C=C\CC)=C/C)cc(-c4ccccc4)c3)nc(C)n2)c1. The molecule has 5 rings (SSSR count). The van der Waals surface area contributed by atoms with Crippen molar-refractivity contribution in [3.8, 4) is 44.8 Å². The molecule has 0 saturated heterocycles. The van der Waals surface area contributed by atoms with Gasteiger partial charge in [0.25, 0.3) is 0 Å². The highest BCUT2D eigenvalue weighted by Crippen LogP contribution is 2.34. The standard InChI is InChI=1S/C42H39N3/c1-6-10-16-31(8-3)35-22-37(33-18-13-12-14-19-33)26-39(24-35)41-28-42(45-30(5)44-41)40-25-36(32(9-4)17-11-7-2)23-38(27-40)34-20-15-21-43-29-34/h7-29H,4,6H2,1-3,5H3/b11-7-,16-10-,31-8+,32-17+. The fourth-order valence-corrected chi connectivity index (χ4v) is 5.33. The second kappa shape index (κ2) is 14.9. The minimum absolute atomic E-state index is 0.716. The molecule has 0 unspecified atom stereocenters. The smallest absolute Gasteiger partial charge is 0.126 e. The van der Waals surface area contributed by atoms with Crippen molar-refractivity contribution in [3.63, 3.8) is 0 Å². The van der Waals surface area contributed by atoms with Gasteiger partial charge in [0.2, 0.25) is 0 Å². The van der Waals surface area contributed by atoms with Crippen LogP contribution >= 0.6 is 0 Å². The first-order chi connectivity index (χ1) is 22.0. The van der Waals surface area contributed by atoms with Gasteiger partial charge in [-0.25, -0.2) is 9.97 Å². The van der Waals surface area contributed by atoms with E-state index in [1.165, 1.54) is 11.1 Å². The van der Waals surface area contributed by atoms with Crippen molar-refractivity contribution in [2.75, 3.05) is 0 Å². The van der Waals surface area contributed by atoms with Crippen molar-refractivity contribution in [1.82, 2.24) is 15.0 Å². The molecule has 0 radical (unpaired) electrons. The molecule has 0 aliphatic rings. The van der Waals surface area contributed by atoms with Gasteiger partial charge < -0.3 is 0 Å². The zero-order valence-electron chi connectivity index (χ0n) is 26.5. The summed E-state index contributed by atoms with van der Waals surface area (Å²) in [4.78, 5) is 14.3. The highest BCUT2D eigenvalue weighted by Gasteiger charge is 2.14. The van der Waals surface area contributed by atoms with Crippen LogP contribution in [0.5, 0.6) is 0 Å². The van der Waals surface area contributed by atoms with E-state index in [0.717, 1.165) is 62.3 Å². The van der Waals surface area contributed by atoms with Crippen LogP contribution in [0.1, 0.15) is 44.1 Å². The second-order valence-corrected chi connectivity index (χ2v) is 10.8. The van der Waals surface area contributed by atoms with Crippen LogP contribution in [-0.4, -0.2) is 15.0 Å². The number of hydrogen-bond donors (Lipinski definition) is 0.